The van der Waals surface area contributed by atoms with E-state index in [9.17, 15) is 4.79 Å². The smallest absolute Gasteiger partial charge is 0.266 e. The quantitative estimate of drug-likeness (QED) is 0.754. The topological polar surface area (TPSA) is 41.9 Å². The molecule has 0 atom stereocenters. The number of nitrogens with zero attached hydrogens (tertiary/aromatic N) is 2. The third-order valence-corrected chi connectivity index (χ3v) is 4.96. The molecule has 0 unspecified atom stereocenters. The molecule has 0 spiro atoms. The molecule has 2 aromatic rings. The van der Waals surface area contributed by atoms with Crippen molar-refractivity contribution in [3.05, 3.63) is 64.6 Å². The molecule has 2 aromatic carbocycles. The number of rotatable bonds is 4. The summed E-state index contributed by atoms with van der Waals surface area (Å²) < 4.78 is 5.24. The largest absolute Gasteiger partial charge is 0.497 e. The van der Waals surface area contributed by atoms with E-state index in [1.807, 2.05) is 68.5 Å². The van der Waals surface area contributed by atoms with Crippen molar-refractivity contribution in [1.29, 1.82) is 0 Å². The Bertz CT molecular complexity index is 844. The zero-order valence-electron chi connectivity index (χ0n) is 14.5. The average molecular weight is 352 g/mol. The molecule has 0 N–H and O–H groups in total. The number of carbonyl (C=O) groups excluding carboxylic acids is 1. The van der Waals surface area contributed by atoms with Crippen LogP contribution in [0.4, 0.5) is 5.69 Å². The molecule has 0 saturated carbocycles. The van der Waals surface area contributed by atoms with Crippen LogP contribution in [-0.2, 0) is 4.79 Å². The van der Waals surface area contributed by atoms with Crippen LogP contribution >= 0.6 is 11.8 Å². The summed E-state index contributed by atoms with van der Waals surface area (Å²) in [6.07, 6.45) is 1.93. The van der Waals surface area contributed by atoms with Crippen molar-refractivity contribution >= 4 is 34.6 Å². The van der Waals surface area contributed by atoms with Gasteiger partial charge in [-0.15, -0.1) is 0 Å². The summed E-state index contributed by atoms with van der Waals surface area (Å²) in [5, 5.41) is 0.719. The number of carbonyl (C=O) groups is 1. The molecule has 3 rings (SSSR count). The van der Waals surface area contributed by atoms with E-state index >= 15 is 0 Å². The maximum Gasteiger partial charge on any atom is 0.266 e. The number of ether oxygens (including phenoxy) is 1. The van der Waals surface area contributed by atoms with Gasteiger partial charge in [0.2, 0.25) is 0 Å². The first kappa shape index (κ1) is 17.3. The fraction of sp³-hybridized carbons (Fsp3) is 0.200. The average Bonchev–Trinajstić information content (AvgIpc) is 2.92. The second-order valence-corrected chi connectivity index (χ2v) is 6.62. The zero-order valence-corrected chi connectivity index (χ0v) is 15.3. The normalized spacial score (nSPS) is 17.6. The van der Waals surface area contributed by atoms with E-state index in [0.717, 1.165) is 27.7 Å². The van der Waals surface area contributed by atoms with Gasteiger partial charge in [-0.1, -0.05) is 24.3 Å². The zero-order chi connectivity index (χ0) is 17.8. The van der Waals surface area contributed by atoms with E-state index in [2.05, 4.69) is 4.99 Å². The van der Waals surface area contributed by atoms with Crippen molar-refractivity contribution < 1.29 is 9.53 Å². The second kappa shape index (κ2) is 7.57. The van der Waals surface area contributed by atoms with Gasteiger partial charge in [-0.3, -0.25) is 9.69 Å². The fourth-order valence-electron chi connectivity index (χ4n) is 2.56. The van der Waals surface area contributed by atoms with E-state index in [4.69, 9.17) is 4.74 Å². The molecule has 0 aliphatic carbocycles. The van der Waals surface area contributed by atoms with Crippen molar-refractivity contribution in [3.8, 4) is 5.75 Å². The number of benzene rings is 2. The highest BCUT2D eigenvalue weighted by atomic mass is 32.2. The van der Waals surface area contributed by atoms with Crippen LogP contribution < -0.4 is 4.74 Å². The number of aryl methyl sites for hydroxylation is 1. The fourth-order valence-corrected chi connectivity index (χ4v) is 3.61. The van der Waals surface area contributed by atoms with Crippen LogP contribution in [0.1, 0.15) is 18.1 Å². The lowest BCUT2D eigenvalue weighted by Crippen LogP contribution is -2.28. The number of hydrogen-bond acceptors (Lipinski definition) is 4. The molecule has 1 heterocycles. The molecule has 1 aliphatic rings. The number of amides is 1. The maximum atomic E-state index is 12.7. The van der Waals surface area contributed by atoms with Crippen molar-refractivity contribution in [3.63, 3.8) is 0 Å². The molecule has 1 saturated heterocycles. The molecule has 5 heteroatoms. The van der Waals surface area contributed by atoms with Crippen molar-refractivity contribution in [2.75, 3.05) is 13.7 Å². The number of para-hydroxylation sites is 1. The molecular weight excluding hydrogens is 332 g/mol. The minimum Gasteiger partial charge on any atom is -0.497 e. The summed E-state index contributed by atoms with van der Waals surface area (Å²) in [5.41, 5.74) is 2.92. The van der Waals surface area contributed by atoms with E-state index in [0.29, 0.717) is 11.4 Å². The minimum atomic E-state index is -0.00241. The molecule has 25 heavy (non-hydrogen) atoms. The van der Waals surface area contributed by atoms with Crippen LogP contribution in [0, 0.1) is 6.92 Å². The Morgan fingerprint density at radius 2 is 1.96 bits per heavy atom. The predicted molar refractivity (Wildman–Crippen MR) is 104 cm³/mol. The van der Waals surface area contributed by atoms with E-state index in [-0.39, 0.29) is 5.91 Å². The van der Waals surface area contributed by atoms with Crippen LogP contribution in [0.15, 0.2) is 58.4 Å². The molecule has 1 fully saturated rings. The van der Waals surface area contributed by atoms with Crippen molar-refractivity contribution in [2.24, 2.45) is 4.99 Å². The monoisotopic (exact) mass is 352 g/mol. The van der Waals surface area contributed by atoms with Gasteiger partial charge in [0.25, 0.3) is 5.91 Å². The number of thioether (sulfide) groups is 1. The lowest BCUT2D eigenvalue weighted by molar-refractivity contribution is -0.122. The molecule has 1 aliphatic heterocycles. The van der Waals surface area contributed by atoms with Gasteiger partial charge in [-0.25, -0.2) is 4.99 Å². The van der Waals surface area contributed by atoms with Gasteiger partial charge in [0.15, 0.2) is 5.17 Å². The van der Waals surface area contributed by atoms with Crippen LogP contribution in [0.2, 0.25) is 0 Å². The Balaban J connectivity index is 1.93. The van der Waals surface area contributed by atoms with Crippen LogP contribution in [-0.4, -0.2) is 29.6 Å². The molecule has 128 valence electrons. The first-order valence-electron chi connectivity index (χ1n) is 8.12. The summed E-state index contributed by atoms with van der Waals surface area (Å²) in [6, 6.07) is 15.5. The number of amidine groups is 1. The van der Waals surface area contributed by atoms with Crippen LogP contribution in [0.5, 0.6) is 5.75 Å². The summed E-state index contributed by atoms with van der Waals surface area (Å²) in [6.45, 7) is 4.56. The Labute approximate surface area is 152 Å². The number of likely N-dealkylation sites (N-methyl/N-ethyl adjacent to an activating group) is 1. The van der Waals surface area contributed by atoms with E-state index in [1.165, 1.54) is 11.8 Å². The summed E-state index contributed by atoms with van der Waals surface area (Å²) in [7, 11) is 1.65. The number of aliphatic imine (C=N–C) groups is 1. The van der Waals surface area contributed by atoms with Gasteiger partial charge >= 0.3 is 0 Å². The van der Waals surface area contributed by atoms with Gasteiger partial charge in [-0.05, 0) is 67.1 Å². The molecule has 0 radical (unpaired) electrons. The molecule has 4 nitrogen and oxygen atoms in total. The highest BCUT2D eigenvalue weighted by Crippen LogP contribution is 2.34. The summed E-state index contributed by atoms with van der Waals surface area (Å²) in [4.78, 5) is 19.7. The lowest BCUT2D eigenvalue weighted by Gasteiger charge is -2.11. The minimum absolute atomic E-state index is 0.00241. The van der Waals surface area contributed by atoms with Gasteiger partial charge in [-0.2, -0.15) is 0 Å². The van der Waals surface area contributed by atoms with Crippen LogP contribution in [0.3, 0.4) is 0 Å². The van der Waals surface area contributed by atoms with Crippen molar-refractivity contribution in [1.82, 2.24) is 4.90 Å². The van der Waals surface area contributed by atoms with Gasteiger partial charge in [0, 0.05) is 6.54 Å². The third-order valence-electron chi connectivity index (χ3n) is 3.95. The van der Waals surface area contributed by atoms with Crippen molar-refractivity contribution in [2.45, 2.75) is 13.8 Å². The summed E-state index contributed by atoms with van der Waals surface area (Å²) in [5.74, 6) is 0.809. The first-order valence-corrected chi connectivity index (χ1v) is 8.94. The van der Waals surface area contributed by atoms with E-state index < -0.39 is 0 Å². The molecular formula is C20H20N2O2S. The Morgan fingerprint density at radius 1 is 1.20 bits per heavy atom. The van der Waals surface area contributed by atoms with Gasteiger partial charge < -0.3 is 4.74 Å². The first-order chi connectivity index (χ1) is 12.1. The number of methoxy groups -OCH3 is 1. The molecule has 1 amide bonds. The Kier molecular flexibility index (Phi) is 5.24. The number of hydrogen-bond donors (Lipinski definition) is 0. The second-order valence-electron chi connectivity index (χ2n) is 5.61. The van der Waals surface area contributed by atoms with E-state index in [1.54, 1.807) is 12.0 Å². The SMILES string of the molecule is CCN1C(=O)/C(=C\c2ccc(OC)cc2C)SC1=Nc1ccccc1. The molecule has 0 bridgehead atoms. The van der Waals surface area contributed by atoms with Gasteiger partial charge in [0.05, 0.1) is 17.7 Å². The summed E-state index contributed by atoms with van der Waals surface area (Å²) >= 11 is 1.42. The van der Waals surface area contributed by atoms with Crippen LogP contribution in [0.25, 0.3) is 6.08 Å². The van der Waals surface area contributed by atoms with Gasteiger partial charge in [0.1, 0.15) is 5.75 Å². The highest BCUT2D eigenvalue weighted by molar-refractivity contribution is 8.18. The Morgan fingerprint density at radius 3 is 2.60 bits per heavy atom. The Hall–Kier alpha value is -2.53. The lowest BCUT2D eigenvalue weighted by atomic mass is 10.1. The predicted octanol–water partition coefficient (Wildman–Crippen LogP) is 4.63. The molecule has 0 aromatic heterocycles. The highest BCUT2D eigenvalue weighted by Gasteiger charge is 2.32. The standard InChI is InChI=1S/C20H20N2O2S/c1-4-22-19(23)18(13-15-10-11-17(24-3)12-14(15)2)25-20(22)21-16-8-6-5-7-9-16/h5-13H,4H2,1-3H3/b18-13+,21-20?. The third kappa shape index (κ3) is 3.77. The maximum absolute atomic E-state index is 12.7.